The molecule has 11 heteroatoms. The van der Waals surface area contributed by atoms with E-state index >= 15 is 0 Å². The summed E-state index contributed by atoms with van der Waals surface area (Å²) in [6.07, 6.45) is -1.88. The van der Waals surface area contributed by atoms with Crippen molar-refractivity contribution in [2.75, 3.05) is 19.8 Å². The molecular formula is C25H37NO10. The number of nitrogens with two attached hydrogens (primary N) is 1. The Hall–Kier alpha value is -3.34. The summed E-state index contributed by atoms with van der Waals surface area (Å²) in [4.78, 5) is 47.7. The number of ether oxygens (including phenoxy) is 5. The van der Waals surface area contributed by atoms with Gasteiger partial charge in [-0.1, -0.05) is 47.6 Å². The van der Waals surface area contributed by atoms with Gasteiger partial charge in [0.1, 0.15) is 6.04 Å². The van der Waals surface area contributed by atoms with Crippen molar-refractivity contribution in [1.82, 2.24) is 0 Å². The van der Waals surface area contributed by atoms with Crippen LogP contribution in [0.25, 0.3) is 0 Å². The minimum Gasteiger partial charge on any atom is -0.480 e. The van der Waals surface area contributed by atoms with Gasteiger partial charge in [-0.05, 0) is 35.4 Å². The van der Waals surface area contributed by atoms with Crippen molar-refractivity contribution in [3.8, 4) is 11.5 Å². The SMILES string of the molecule is CCC(=O)OCC(C)C(c1ccc(OC(=O)OCC(C)C)c(OC(=O)OCC(C)C)c1)[C@H](N)C(=O)O. The van der Waals surface area contributed by atoms with Crippen molar-refractivity contribution < 1.29 is 48.0 Å². The fraction of sp³-hybridized carbons (Fsp3) is 0.600. The van der Waals surface area contributed by atoms with E-state index in [0.717, 1.165) is 0 Å². The van der Waals surface area contributed by atoms with E-state index in [1.165, 1.54) is 18.2 Å². The third-order valence-corrected chi connectivity index (χ3v) is 4.89. The number of hydrogen-bond donors (Lipinski definition) is 2. The summed E-state index contributed by atoms with van der Waals surface area (Å²) in [6, 6.07) is 2.79. The van der Waals surface area contributed by atoms with Crippen LogP contribution in [0.15, 0.2) is 18.2 Å². The molecule has 11 nitrogen and oxygen atoms in total. The molecule has 1 aromatic rings. The van der Waals surface area contributed by atoms with E-state index in [9.17, 15) is 24.3 Å². The topological polar surface area (TPSA) is 161 Å². The quantitative estimate of drug-likeness (QED) is 0.223. The molecule has 0 aromatic heterocycles. The average Bonchev–Trinajstić information content (AvgIpc) is 2.81. The van der Waals surface area contributed by atoms with Gasteiger partial charge in [0.15, 0.2) is 11.5 Å². The fourth-order valence-electron chi connectivity index (χ4n) is 3.08. The summed E-state index contributed by atoms with van der Waals surface area (Å²) in [6.45, 7) is 10.9. The van der Waals surface area contributed by atoms with Gasteiger partial charge in [-0.2, -0.15) is 0 Å². The third kappa shape index (κ3) is 10.5. The number of carboxylic acid groups (broad SMARTS) is 1. The molecular weight excluding hydrogens is 474 g/mol. The monoisotopic (exact) mass is 511 g/mol. The molecule has 0 fully saturated rings. The predicted octanol–water partition coefficient (Wildman–Crippen LogP) is 4.11. The number of carbonyl (C=O) groups excluding carboxylic acids is 3. The van der Waals surface area contributed by atoms with Crippen molar-refractivity contribution >= 4 is 24.2 Å². The average molecular weight is 512 g/mol. The number of esters is 1. The second kappa shape index (κ2) is 14.9. The molecule has 0 saturated heterocycles. The number of carbonyl (C=O) groups is 4. The van der Waals surface area contributed by atoms with Crippen LogP contribution in [0.2, 0.25) is 0 Å². The van der Waals surface area contributed by atoms with Crippen LogP contribution in [0, 0.1) is 17.8 Å². The van der Waals surface area contributed by atoms with Crippen LogP contribution in [-0.2, 0) is 23.8 Å². The lowest BCUT2D eigenvalue weighted by Gasteiger charge is -2.28. The van der Waals surface area contributed by atoms with Gasteiger partial charge in [0.05, 0.1) is 19.8 Å². The molecule has 1 aromatic carbocycles. The van der Waals surface area contributed by atoms with E-state index in [2.05, 4.69) is 0 Å². The first-order chi connectivity index (χ1) is 16.8. The van der Waals surface area contributed by atoms with Crippen LogP contribution in [0.1, 0.15) is 59.4 Å². The van der Waals surface area contributed by atoms with Crippen LogP contribution in [0.5, 0.6) is 11.5 Å². The second-order valence-corrected chi connectivity index (χ2v) is 9.22. The van der Waals surface area contributed by atoms with E-state index in [4.69, 9.17) is 29.4 Å². The molecule has 0 bridgehead atoms. The molecule has 0 amide bonds. The summed E-state index contributed by atoms with van der Waals surface area (Å²) in [5, 5.41) is 9.58. The van der Waals surface area contributed by atoms with Crippen molar-refractivity contribution in [1.29, 1.82) is 0 Å². The predicted molar refractivity (Wildman–Crippen MR) is 129 cm³/mol. The molecule has 3 atom stereocenters. The minimum atomic E-state index is -1.37. The molecule has 0 heterocycles. The van der Waals surface area contributed by atoms with E-state index in [-0.39, 0.29) is 49.6 Å². The van der Waals surface area contributed by atoms with E-state index in [1.54, 1.807) is 13.8 Å². The maximum Gasteiger partial charge on any atom is 0.513 e. The highest BCUT2D eigenvalue weighted by Crippen LogP contribution is 2.36. The van der Waals surface area contributed by atoms with Gasteiger partial charge in [-0.15, -0.1) is 0 Å². The summed E-state index contributed by atoms with van der Waals surface area (Å²) in [5.74, 6) is -3.28. The maximum absolute atomic E-state index is 12.2. The Morgan fingerprint density at radius 3 is 1.83 bits per heavy atom. The standard InChI is InChI=1S/C25H37NO10/c1-7-20(27)32-13-16(6)21(22(26)23(28)29)17-8-9-18(35-24(30)33-11-14(2)3)19(10-17)36-25(31)34-12-15(4)5/h8-10,14-16,21-22H,7,11-13,26H2,1-6H3,(H,28,29)/t16?,21?,22-/m0/s1. The molecule has 3 N–H and O–H groups in total. The third-order valence-electron chi connectivity index (χ3n) is 4.89. The summed E-state index contributed by atoms with van der Waals surface area (Å²) >= 11 is 0. The highest BCUT2D eigenvalue weighted by molar-refractivity contribution is 5.75. The van der Waals surface area contributed by atoms with E-state index < -0.39 is 42.1 Å². The number of hydrogen-bond acceptors (Lipinski definition) is 10. The number of benzene rings is 1. The lowest BCUT2D eigenvalue weighted by atomic mass is 9.82. The second-order valence-electron chi connectivity index (χ2n) is 9.22. The molecule has 0 aliphatic heterocycles. The van der Waals surface area contributed by atoms with Crippen LogP contribution in [0.3, 0.4) is 0 Å². The lowest BCUT2D eigenvalue weighted by molar-refractivity contribution is -0.145. The van der Waals surface area contributed by atoms with Crippen LogP contribution >= 0.6 is 0 Å². The summed E-state index contributed by atoms with van der Waals surface area (Å²) < 4.78 is 25.7. The minimum absolute atomic E-state index is 0.0512. The zero-order chi connectivity index (χ0) is 27.4. The first-order valence-electron chi connectivity index (χ1n) is 11.8. The van der Waals surface area contributed by atoms with Crippen LogP contribution in [0.4, 0.5) is 9.59 Å². The molecule has 0 aliphatic rings. The first kappa shape index (κ1) is 30.7. The van der Waals surface area contributed by atoms with Gasteiger partial charge in [0.2, 0.25) is 0 Å². The molecule has 202 valence electrons. The Morgan fingerprint density at radius 2 is 1.36 bits per heavy atom. The Kier molecular flexibility index (Phi) is 12.7. The highest BCUT2D eigenvalue weighted by atomic mass is 16.7. The van der Waals surface area contributed by atoms with Crippen molar-refractivity contribution in [2.45, 2.75) is 59.9 Å². The lowest BCUT2D eigenvalue weighted by Crippen LogP contribution is -2.40. The van der Waals surface area contributed by atoms with Crippen LogP contribution < -0.4 is 15.2 Å². The Morgan fingerprint density at radius 1 is 0.833 bits per heavy atom. The van der Waals surface area contributed by atoms with Gasteiger partial charge < -0.3 is 34.5 Å². The zero-order valence-corrected chi connectivity index (χ0v) is 21.6. The Labute approximate surface area is 211 Å². The van der Waals surface area contributed by atoms with Crippen LogP contribution in [-0.4, -0.2) is 55.2 Å². The summed E-state index contributed by atoms with van der Waals surface area (Å²) in [7, 11) is 0. The van der Waals surface area contributed by atoms with Crippen molar-refractivity contribution in [3.05, 3.63) is 23.8 Å². The van der Waals surface area contributed by atoms with Gasteiger partial charge in [-0.3, -0.25) is 9.59 Å². The maximum atomic E-state index is 12.2. The van der Waals surface area contributed by atoms with Crippen molar-refractivity contribution in [3.63, 3.8) is 0 Å². The largest absolute Gasteiger partial charge is 0.513 e. The van der Waals surface area contributed by atoms with Gasteiger partial charge >= 0.3 is 24.2 Å². The van der Waals surface area contributed by atoms with E-state index in [0.29, 0.717) is 5.56 Å². The molecule has 0 radical (unpaired) electrons. The number of rotatable bonds is 13. The molecule has 0 saturated carbocycles. The zero-order valence-electron chi connectivity index (χ0n) is 21.6. The van der Waals surface area contributed by atoms with Crippen molar-refractivity contribution in [2.24, 2.45) is 23.5 Å². The first-order valence-corrected chi connectivity index (χ1v) is 11.8. The van der Waals surface area contributed by atoms with E-state index in [1.807, 2.05) is 27.7 Å². The molecule has 1 rings (SSSR count). The smallest absolute Gasteiger partial charge is 0.480 e. The molecule has 0 aliphatic carbocycles. The Balaban J connectivity index is 3.33. The summed E-state index contributed by atoms with van der Waals surface area (Å²) in [5.41, 5.74) is 6.33. The number of aliphatic carboxylic acids is 1. The highest BCUT2D eigenvalue weighted by Gasteiger charge is 2.33. The number of carboxylic acids is 1. The molecule has 0 spiro atoms. The Bertz CT molecular complexity index is 899. The van der Waals surface area contributed by atoms with Gasteiger partial charge in [-0.25, -0.2) is 9.59 Å². The fourth-order valence-corrected chi connectivity index (χ4v) is 3.08. The van der Waals surface area contributed by atoms with Gasteiger partial charge in [0.25, 0.3) is 0 Å². The van der Waals surface area contributed by atoms with Gasteiger partial charge in [0, 0.05) is 12.3 Å². The molecule has 36 heavy (non-hydrogen) atoms. The normalized spacial score (nSPS) is 13.5. The molecule has 2 unspecified atom stereocenters.